The molecule has 0 radical (unpaired) electrons. The summed E-state index contributed by atoms with van der Waals surface area (Å²) in [6.45, 7) is 6.00. The summed E-state index contributed by atoms with van der Waals surface area (Å²) in [5.41, 5.74) is -0.773. The van der Waals surface area contributed by atoms with Gasteiger partial charge in [-0.1, -0.05) is 38.3 Å². The van der Waals surface area contributed by atoms with Crippen molar-refractivity contribution in [3.05, 3.63) is 32.1 Å². The van der Waals surface area contributed by atoms with Gasteiger partial charge in [0, 0.05) is 12.1 Å². The Hall–Kier alpha value is -1.03. The Morgan fingerprint density at radius 2 is 1.94 bits per heavy atom. The predicted octanol–water partition coefficient (Wildman–Crippen LogP) is 2.19. The average molecular weight is 245 g/mol. The lowest BCUT2D eigenvalue weighted by Gasteiger charge is -2.22. The highest BCUT2D eigenvalue weighted by Crippen LogP contribution is 2.21. The number of H-pyrrole nitrogens is 1. The molecule has 1 aromatic rings. The Labute approximate surface area is 99.3 Å². The summed E-state index contributed by atoms with van der Waals surface area (Å²) in [7, 11) is 0. The van der Waals surface area contributed by atoms with Gasteiger partial charge in [0.05, 0.1) is 0 Å². The molecule has 0 aliphatic rings. The summed E-state index contributed by atoms with van der Waals surface area (Å²) in [6.07, 6.45) is 1.87. The van der Waals surface area contributed by atoms with Gasteiger partial charge < -0.3 is 0 Å². The Morgan fingerprint density at radius 3 is 2.38 bits per heavy atom. The molecule has 0 amide bonds. The lowest BCUT2D eigenvalue weighted by atomic mass is 9.95. The number of aromatic amines is 1. The molecule has 1 rings (SSSR count). The van der Waals surface area contributed by atoms with Crippen LogP contribution in [0.25, 0.3) is 0 Å². The maximum atomic E-state index is 11.7. The van der Waals surface area contributed by atoms with Crippen molar-refractivity contribution >= 4 is 11.6 Å². The van der Waals surface area contributed by atoms with Crippen LogP contribution in [-0.2, 0) is 0 Å². The molecule has 16 heavy (non-hydrogen) atoms. The lowest BCUT2D eigenvalue weighted by Crippen LogP contribution is -2.39. The van der Waals surface area contributed by atoms with Crippen molar-refractivity contribution in [2.75, 3.05) is 0 Å². The zero-order chi connectivity index (χ0) is 12.3. The van der Waals surface area contributed by atoms with Crippen LogP contribution in [0, 0.1) is 5.92 Å². The normalized spacial score (nSPS) is 13.1. The standard InChI is InChI=1S/C11H17ClN2O2/c1-4-8(5-2)7(3)14-10(15)6-9(12)13-11(14)16/h6-8H,4-5H2,1-3H3,(H,13,16). The third-order valence-corrected chi connectivity index (χ3v) is 3.27. The van der Waals surface area contributed by atoms with Crippen molar-refractivity contribution in [3.8, 4) is 0 Å². The molecule has 0 saturated heterocycles. The van der Waals surface area contributed by atoms with Crippen LogP contribution in [0.2, 0.25) is 5.15 Å². The van der Waals surface area contributed by atoms with E-state index in [0.717, 1.165) is 12.8 Å². The number of aromatic nitrogens is 2. The fraction of sp³-hybridized carbons (Fsp3) is 0.636. The molecule has 0 aliphatic heterocycles. The molecule has 0 spiro atoms. The van der Waals surface area contributed by atoms with Crippen LogP contribution in [0.4, 0.5) is 0 Å². The summed E-state index contributed by atoms with van der Waals surface area (Å²) in [4.78, 5) is 25.8. The average Bonchev–Trinajstić information content (AvgIpc) is 2.17. The molecule has 0 fully saturated rings. The number of nitrogens with zero attached hydrogens (tertiary/aromatic N) is 1. The molecule has 4 nitrogen and oxygen atoms in total. The fourth-order valence-corrected chi connectivity index (χ4v) is 2.22. The van der Waals surface area contributed by atoms with Crippen LogP contribution in [0.1, 0.15) is 39.7 Å². The zero-order valence-corrected chi connectivity index (χ0v) is 10.5. The maximum Gasteiger partial charge on any atom is 0.329 e. The molecule has 1 atom stereocenters. The number of halogens is 1. The monoisotopic (exact) mass is 244 g/mol. The second-order valence-corrected chi connectivity index (χ2v) is 4.36. The highest BCUT2D eigenvalue weighted by Gasteiger charge is 2.18. The van der Waals surface area contributed by atoms with Crippen LogP contribution in [-0.4, -0.2) is 9.55 Å². The molecular weight excluding hydrogens is 228 g/mol. The molecule has 0 aromatic carbocycles. The van der Waals surface area contributed by atoms with E-state index >= 15 is 0 Å². The second kappa shape index (κ2) is 5.34. The quantitative estimate of drug-likeness (QED) is 0.826. The third kappa shape index (κ3) is 2.55. The molecule has 1 aromatic heterocycles. The smallest absolute Gasteiger partial charge is 0.298 e. The van der Waals surface area contributed by atoms with Gasteiger partial charge in [-0.2, -0.15) is 0 Å². The van der Waals surface area contributed by atoms with Gasteiger partial charge in [0.15, 0.2) is 0 Å². The molecule has 0 aliphatic carbocycles. The van der Waals surface area contributed by atoms with Gasteiger partial charge in [0.25, 0.3) is 5.56 Å². The van der Waals surface area contributed by atoms with E-state index in [9.17, 15) is 9.59 Å². The van der Waals surface area contributed by atoms with Gasteiger partial charge in [0.2, 0.25) is 0 Å². The van der Waals surface area contributed by atoms with E-state index < -0.39 is 5.69 Å². The number of hydrogen-bond acceptors (Lipinski definition) is 2. The highest BCUT2D eigenvalue weighted by molar-refractivity contribution is 6.29. The van der Waals surface area contributed by atoms with Gasteiger partial charge in [-0.05, 0) is 12.8 Å². The molecule has 1 heterocycles. The van der Waals surface area contributed by atoms with Gasteiger partial charge in [-0.15, -0.1) is 0 Å². The van der Waals surface area contributed by atoms with E-state index in [1.54, 1.807) is 0 Å². The van der Waals surface area contributed by atoms with Gasteiger partial charge in [0.1, 0.15) is 5.15 Å². The van der Waals surface area contributed by atoms with Crippen molar-refractivity contribution in [1.29, 1.82) is 0 Å². The van der Waals surface area contributed by atoms with Crippen LogP contribution < -0.4 is 11.2 Å². The Kier molecular flexibility index (Phi) is 4.35. The first-order valence-corrected chi connectivity index (χ1v) is 5.90. The minimum atomic E-state index is -0.433. The molecule has 5 heteroatoms. The summed E-state index contributed by atoms with van der Waals surface area (Å²) in [5, 5.41) is 0.0861. The fourth-order valence-electron chi connectivity index (χ4n) is 2.04. The molecule has 0 bridgehead atoms. The second-order valence-electron chi connectivity index (χ2n) is 3.95. The number of nitrogens with one attached hydrogen (secondary N) is 1. The highest BCUT2D eigenvalue weighted by atomic mass is 35.5. The summed E-state index contributed by atoms with van der Waals surface area (Å²) >= 11 is 5.61. The number of rotatable bonds is 4. The summed E-state index contributed by atoms with van der Waals surface area (Å²) in [5.74, 6) is 0.319. The van der Waals surface area contributed by atoms with Crippen LogP contribution in [0.15, 0.2) is 15.7 Å². The van der Waals surface area contributed by atoms with Gasteiger partial charge in [-0.3, -0.25) is 14.3 Å². The van der Waals surface area contributed by atoms with Crippen molar-refractivity contribution < 1.29 is 0 Å². The van der Waals surface area contributed by atoms with Gasteiger partial charge in [-0.25, -0.2) is 4.79 Å². The molecule has 1 unspecified atom stereocenters. The first-order chi connectivity index (χ1) is 7.51. The SMILES string of the molecule is CCC(CC)C(C)n1c(=O)cc(Cl)[nH]c1=O. The molecular formula is C11H17ClN2O2. The zero-order valence-electron chi connectivity index (χ0n) is 9.79. The van der Waals surface area contributed by atoms with Crippen molar-refractivity contribution in [2.24, 2.45) is 5.92 Å². The van der Waals surface area contributed by atoms with E-state index in [1.807, 2.05) is 6.92 Å². The van der Waals surface area contributed by atoms with Crippen molar-refractivity contribution in [1.82, 2.24) is 9.55 Å². The Morgan fingerprint density at radius 1 is 1.38 bits per heavy atom. The molecule has 90 valence electrons. The van der Waals surface area contributed by atoms with Crippen LogP contribution >= 0.6 is 11.6 Å². The van der Waals surface area contributed by atoms with Gasteiger partial charge >= 0.3 is 5.69 Å². The first-order valence-electron chi connectivity index (χ1n) is 5.52. The number of hydrogen-bond donors (Lipinski definition) is 1. The molecule has 0 saturated carbocycles. The van der Waals surface area contributed by atoms with E-state index in [2.05, 4.69) is 18.8 Å². The Balaban J connectivity index is 3.23. The predicted molar refractivity (Wildman–Crippen MR) is 65.1 cm³/mol. The first kappa shape index (κ1) is 13.0. The van der Waals surface area contributed by atoms with E-state index in [1.165, 1.54) is 10.6 Å². The van der Waals surface area contributed by atoms with Crippen molar-refractivity contribution in [2.45, 2.75) is 39.7 Å². The maximum absolute atomic E-state index is 11.7. The Bertz CT molecular complexity index is 429. The molecule has 1 N–H and O–H groups in total. The third-order valence-electron chi connectivity index (χ3n) is 3.07. The topological polar surface area (TPSA) is 54.9 Å². The summed E-state index contributed by atoms with van der Waals surface area (Å²) in [6, 6.07) is 1.13. The van der Waals surface area contributed by atoms with Crippen LogP contribution in [0.3, 0.4) is 0 Å². The van der Waals surface area contributed by atoms with Crippen LogP contribution in [0.5, 0.6) is 0 Å². The minimum Gasteiger partial charge on any atom is -0.298 e. The lowest BCUT2D eigenvalue weighted by molar-refractivity contribution is 0.317. The van der Waals surface area contributed by atoms with E-state index in [-0.39, 0.29) is 16.8 Å². The van der Waals surface area contributed by atoms with E-state index in [4.69, 9.17) is 11.6 Å². The van der Waals surface area contributed by atoms with E-state index in [0.29, 0.717) is 5.92 Å². The largest absolute Gasteiger partial charge is 0.329 e. The summed E-state index contributed by atoms with van der Waals surface area (Å²) < 4.78 is 1.24. The minimum absolute atomic E-state index is 0.0861. The van der Waals surface area contributed by atoms with Crippen molar-refractivity contribution in [3.63, 3.8) is 0 Å².